The second-order valence-corrected chi connectivity index (χ2v) is 7.94. The molecule has 0 N–H and O–H groups in total. The molecule has 0 amide bonds. The van der Waals surface area contributed by atoms with Crippen molar-refractivity contribution < 1.29 is 19.1 Å². The van der Waals surface area contributed by atoms with Gasteiger partial charge in [-0.15, -0.1) is 0 Å². The third kappa shape index (κ3) is 6.62. The van der Waals surface area contributed by atoms with Crippen LogP contribution in [0.5, 0.6) is 5.75 Å². The summed E-state index contributed by atoms with van der Waals surface area (Å²) >= 11 is 0. The maximum Gasteiger partial charge on any atom is 0.315 e. The third-order valence-corrected chi connectivity index (χ3v) is 5.73. The summed E-state index contributed by atoms with van der Waals surface area (Å²) < 4.78 is 11.0. The van der Waals surface area contributed by atoms with Gasteiger partial charge < -0.3 is 14.4 Å². The molecule has 2 aromatic rings. The van der Waals surface area contributed by atoms with Gasteiger partial charge in [-0.25, -0.2) is 0 Å². The fourth-order valence-corrected chi connectivity index (χ4v) is 3.96. The van der Waals surface area contributed by atoms with Gasteiger partial charge in [0.1, 0.15) is 11.7 Å². The highest BCUT2D eigenvalue weighted by molar-refractivity contribution is 5.99. The third-order valence-electron chi connectivity index (χ3n) is 5.73. The smallest absolute Gasteiger partial charge is 0.315 e. The molecule has 1 fully saturated rings. The molecule has 2 atom stereocenters. The molecule has 1 aliphatic heterocycles. The van der Waals surface area contributed by atoms with Crippen molar-refractivity contribution in [2.75, 3.05) is 26.3 Å². The number of aromatic nitrogens is 1. The van der Waals surface area contributed by atoms with Crippen molar-refractivity contribution >= 4 is 11.8 Å². The number of nitrogens with zero attached hydrogens (tertiary/aromatic N) is 2. The average molecular weight is 425 g/mol. The van der Waals surface area contributed by atoms with E-state index in [9.17, 15) is 9.59 Å². The fraction of sp³-hybridized carbons (Fsp3) is 0.480. The normalized spacial score (nSPS) is 17.3. The average Bonchev–Trinajstić information content (AvgIpc) is 3.20. The number of ketones is 1. The van der Waals surface area contributed by atoms with Crippen LogP contribution in [-0.2, 0) is 9.53 Å². The van der Waals surface area contributed by atoms with Gasteiger partial charge in [0.25, 0.3) is 0 Å². The zero-order chi connectivity index (χ0) is 22.1. The number of hydrogen-bond donors (Lipinski definition) is 0. The van der Waals surface area contributed by atoms with Crippen molar-refractivity contribution in [1.82, 2.24) is 9.88 Å². The monoisotopic (exact) mass is 424 g/mol. The topological polar surface area (TPSA) is 68.7 Å². The van der Waals surface area contributed by atoms with E-state index in [4.69, 9.17) is 9.47 Å². The molecule has 0 radical (unpaired) electrons. The zero-order valence-electron chi connectivity index (χ0n) is 18.5. The first-order valence-corrected chi connectivity index (χ1v) is 11.2. The number of Topliss-reactive ketones (excluding diaryl/α,β-unsaturated/α-hetero) is 1. The van der Waals surface area contributed by atoms with Crippen LogP contribution in [0, 0.1) is 0 Å². The molecule has 2 heterocycles. The van der Waals surface area contributed by atoms with Gasteiger partial charge in [-0.1, -0.05) is 6.07 Å². The molecule has 6 heteroatoms. The first-order chi connectivity index (χ1) is 15.1. The molecule has 0 spiro atoms. The molecule has 0 aliphatic carbocycles. The Bertz CT molecular complexity index is 838. The van der Waals surface area contributed by atoms with Gasteiger partial charge >= 0.3 is 5.97 Å². The van der Waals surface area contributed by atoms with E-state index >= 15 is 0 Å². The van der Waals surface area contributed by atoms with Crippen LogP contribution in [0.25, 0.3) is 0 Å². The summed E-state index contributed by atoms with van der Waals surface area (Å²) in [5.41, 5.74) is 1.09. The van der Waals surface area contributed by atoms with Crippen LogP contribution in [-0.4, -0.2) is 54.0 Å². The van der Waals surface area contributed by atoms with Crippen LogP contribution >= 0.6 is 0 Å². The number of likely N-dealkylation sites (tertiary alicyclic amines) is 1. The van der Waals surface area contributed by atoms with E-state index in [-0.39, 0.29) is 18.8 Å². The Balaban J connectivity index is 1.53. The van der Waals surface area contributed by atoms with E-state index in [0.717, 1.165) is 18.7 Å². The summed E-state index contributed by atoms with van der Waals surface area (Å²) in [4.78, 5) is 31.9. The number of carbonyl (C=O) groups is 2. The van der Waals surface area contributed by atoms with Crippen molar-refractivity contribution in [3.63, 3.8) is 0 Å². The van der Waals surface area contributed by atoms with E-state index in [1.54, 1.807) is 43.5 Å². The maximum absolute atomic E-state index is 12.8. The van der Waals surface area contributed by atoms with E-state index in [1.807, 2.05) is 12.1 Å². The predicted molar refractivity (Wildman–Crippen MR) is 119 cm³/mol. The lowest BCUT2D eigenvalue weighted by molar-refractivity contribution is -0.145. The summed E-state index contributed by atoms with van der Waals surface area (Å²) in [5.74, 6) is -0.518. The lowest BCUT2D eigenvalue weighted by Crippen LogP contribution is -2.28. The number of pyridine rings is 1. The van der Waals surface area contributed by atoms with Crippen molar-refractivity contribution in [3.05, 3.63) is 59.9 Å². The van der Waals surface area contributed by atoms with E-state index in [1.165, 1.54) is 19.4 Å². The van der Waals surface area contributed by atoms with Gasteiger partial charge in [-0.2, -0.15) is 0 Å². The summed E-state index contributed by atoms with van der Waals surface area (Å²) in [6.45, 7) is 7.19. The van der Waals surface area contributed by atoms with Gasteiger partial charge in [0.2, 0.25) is 0 Å². The number of esters is 1. The van der Waals surface area contributed by atoms with Crippen LogP contribution < -0.4 is 4.74 Å². The molecule has 166 valence electrons. The molecule has 31 heavy (non-hydrogen) atoms. The Morgan fingerprint density at radius 2 is 2.00 bits per heavy atom. The Kier molecular flexibility index (Phi) is 8.59. The molecule has 3 rings (SSSR count). The quantitative estimate of drug-likeness (QED) is 0.305. The number of ether oxygens (including phenoxy) is 2. The molecule has 1 saturated heterocycles. The molecule has 1 aliphatic rings. The molecule has 1 aromatic heterocycles. The summed E-state index contributed by atoms with van der Waals surface area (Å²) in [7, 11) is 0. The number of benzene rings is 1. The molecule has 0 bridgehead atoms. The van der Waals surface area contributed by atoms with Crippen molar-refractivity contribution in [2.45, 2.75) is 51.5 Å². The molecule has 1 aromatic carbocycles. The molecule has 6 nitrogen and oxygen atoms in total. The van der Waals surface area contributed by atoms with E-state index in [0.29, 0.717) is 23.9 Å². The predicted octanol–water partition coefficient (Wildman–Crippen LogP) is 4.25. The number of carbonyl (C=O) groups excluding carboxylic acids is 2. The summed E-state index contributed by atoms with van der Waals surface area (Å²) in [6, 6.07) is 13.1. The van der Waals surface area contributed by atoms with Crippen molar-refractivity contribution in [2.24, 2.45) is 0 Å². The van der Waals surface area contributed by atoms with Crippen LogP contribution in [0.4, 0.5) is 0 Å². The lowest BCUT2D eigenvalue weighted by atomic mass is 9.95. The Hall–Kier alpha value is -2.73. The van der Waals surface area contributed by atoms with Gasteiger partial charge in [-0.3, -0.25) is 14.6 Å². The van der Waals surface area contributed by atoms with Crippen LogP contribution in [0.1, 0.15) is 61.5 Å². The highest BCUT2D eigenvalue weighted by atomic mass is 16.5. The maximum atomic E-state index is 12.8. The first-order valence-electron chi connectivity index (χ1n) is 11.2. The molecular formula is C25H32N2O4. The Labute approximate surface area is 184 Å². The minimum absolute atomic E-state index is 0.0179. The van der Waals surface area contributed by atoms with Gasteiger partial charge in [-0.05, 0) is 76.1 Å². The zero-order valence-corrected chi connectivity index (χ0v) is 18.5. The highest BCUT2D eigenvalue weighted by Crippen LogP contribution is 2.23. The molecule has 1 unspecified atom stereocenters. The first kappa shape index (κ1) is 22.9. The minimum atomic E-state index is -0.711. The van der Waals surface area contributed by atoms with Crippen LogP contribution in [0.3, 0.4) is 0 Å². The minimum Gasteiger partial charge on any atom is -0.494 e. The lowest BCUT2D eigenvalue weighted by Gasteiger charge is -2.20. The van der Waals surface area contributed by atoms with E-state index in [2.05, 4.69) is 16.8 Å². The Morgan fingerprint density at radius 3 is 2.65 bits per heavy atom. The van der Waals surface area contributed by atoms with Gasteiger partial charge in [0.05, 0.1) is 18.9 Å². The summed E-state index contributed by atoms with van der Waals surface area (Å²) in [5, 5.41) is 0. The van der Waals surface area contributed by atoms with Gasteiger partial charge in [0.15, 0.2) is 5.78 Å². The number of rotatable bonds is 11. The highest BCUT2D eigenvalue weighted by Gasteiger charge is 2.26. The standard InChI is InChI=1S/C25H32N2O4/c1-3-30-25(29)22(23-9-4-5-14-26-23)18-24(28)20-10-12-21(13-11-20)31-17-7-16-27-15-6-8-19(27)2/h4-5,9-14,19,22H,3,6-8,15-18H2,1-2H3/t19-,22?/m1/s1. The van der Waals surface area contributed by atoms with Crippen molar-refractivity contribution in [3.8, 4) is 5.75 Å². The Morgan fingerprint density at radius 1 is 1.19 bits per heavy atom. The van der Waals surface area contributed by atoms with Crippen molar-refractivity contribution in [1.29, 1.82) is 0 Å². The SMILES string of the molecule is CCOC(=O)C(CC(=O)c1ccc(OCCCN2CCC[C@H]2C)cc1)c1ccccn1. The number of hydrogen-bond acceptors (Lipinski definition) is 6. The largest absolute Gasteiger partial charge is 0.494 e. The fourth-order valence-electron chi connectivity index (χ4n) is 3.96. The molecule has 0 saturated carbocycles. The van der Waals surface area contributed by atoms with Crippen LogP contribution in [0.2, 0.25) is 0 Å². The second-order valence-electron chi connectivity index (χ2n) is 7.94. The second kappa shape index (κ2) is 11.6. The van der Waals surface area contributed by atoms with Gasteiger partial charge in [0, 0.05) is 30.8 Å². The summed E-state index contributed by atoms with van der Waals surface area (Å²) in [6.07, 6.45) is 5.19. The molecular weight excluding hydrogens is 392 g/mol. The van der Waals surface area contributed by atoms with Crippen LogP contribution in [0.15, 0.2) is 48.7 Å². The van der Waals surface area contributed by atoms with E-state index < -0.39 is 11.9 Å².